The molecule has 0 aliphatic heterocycles. The number of methoxy groups -OCH3 is 2. The third-order valence-electron chi connectivity index (χ3n) is 3.23. The van der Waals surface area contributed by atoms with Gasteiger partial charge in [-0.3, -0.25) is 14.4 Å². The highest BCUT2D eigenvalue weighted by molar-refractivity contribution is 5.96. The molecular formula is C17H24N2O6. The highest BCUT2D eigenvalue weighted by Gasteiger charge is 2.18. The predicted octanol–water partition coefficient (Wildman–Crippen LogP) is 0.892. The number of benzene rings is 1. The fraction of sp³-hybridized carbons (Fsp3) is 0.471. The number of hydrogen-bond donors (Lipinski definition) is 2. The summed E-state index contributed by atoms with van der Waals surface area (Å²) in [5.41, 5.74) is 0.276. The normalized spacial score (nSPS) is 11.2. The lowest BCUT2D eigenvalue weighted by Gasteiger charge is -2.13. The van der Waals surface area contributed by atoms with Gasteiger partial charge in [-0.25, -0.2) is 0 Å². The first-order chi connectivity index (χ1) is 11.9. The molecule has 25 heavy (non-hydrogen) atoms. The molecule has 0 aliphatic carbocycles. The third-order valence-corrected chi connectivity index (χ3v) is 3.23. The van der Waals surface area contributed by atoms with E-state index in [4.69, 9.17) is 14.2 Å². The van der Waals surface area contributed by atoms with Gasteiger partial charge in [0.15, 0.2) is 6.10 Å². The Labute approximate surface area is 146 Å². The first kappa shape index (κ1) is 20.3. The Morgan fingerprint density at radius 2 is 1.64 bits per heavy atom. The van der Waals surface area contributed by atoms with Gasteiger partial charge in [0.2, 0.25) is 0 Å². The van der Waals surface area contributed by atoms with E-state index in [2.05, 4.69) is 10.6 Å². The monoisotopic (exact) mass is 352 g/mol. The molecule has 0 aromatic heterocycles. The summed E-state index contributed by atoms with van der Waals surface area (Å²) in [6.45, 7) is 3.54. The van der Waals surface area contributed by atoms with Crippen LogP contribution in [0.15, 0.2) is 18.2 Å². The molecule has 1 aromatic rings. The standard InChI is InChI=1S/C17H24N2O6/c1-5-6-18-16(21)11(2)25-15(20)10-19-17(22)12-7-13(23-3)9-14(8-12)24-4/h7-9,11H,5-6,10H2,1-4H3,(H,18,21)(H,19,22)/t11-/m1/s1. The summed E-state index contributed by atoms with van der Waals surface area (Å²) in [5.74, 6) is -0.666. The third kappa shape index (κ3) is 6.70. The van der Waals surface area contributed by atoms with E-state index in [1.165, 1.54) is 33.3 Å². The van der Waals surface area contributed by atoms with Crippen molar-refractivity contribution in [1.82, 2.24) is 10.6 Å². The van der Waals surface area contributed by atoms with Crippen LogP contribution in [0.25, 0.3) is 0 Å². The molecule has 0 aliphatic rings. The number of carbonyl (C=O) groups excluding carboxylic acids is 3. The van der Waals surface area contributed by atoms with Crippen LogP contribution in [0.5, 0.6) is 11.5 Å². The van der Waals surface area contributed by atoms with Crippen molar-refractivity contribution in [3.05, 3.63) is 23.8 Å². The number of amides is 2. The molecule has 0 unspecified atom stereocenters. The Hall–Kier alpha value is -2.77. The first-order valence-electron chi connectivity index (χ1n) is 7.89. The molecule has 2 amide bonds. The van der Waals surface area contributed by atoms with E-state index in [1.54, 1.807) is 6.07 Å². The Morgan fingerprint density at radius 1 is 1.04 bits per heavy atom. The first-order valence-corrected chi connectivity index (χ1v) is 7.89. The van der Waals surface area contributed by atoms with E-state index >= 15 is 0 Å². The van der Waals surface area contributed by atoms with E-state index in [0.29, 0.717) is 18.0 Å². The van der Waals surface area contributed by atoms with Crippen molar-refractivity contribution in [3.8, 4) is 11.5 Å². The molecule has 0 spiro atoms. The molecule has 8 nitrogen and oxygen atoms in total. The summed E-state index contributed by atoms with van der Waals surface area (Å²) in [4.78, 5) is 35.5. The van der Waals surface area contributed by atoms with Gasteiger partial charge < -0.3 is 24.8 Å². The van der Waals surface area contributed by atoms with Crippen molar-refractivity contribution in [1.29, 1.82) is 0 Å². The topological polar surface area (TPSA) is 103 Å². The zero-order valence-corrected chi connectivity index (χ0v) is 14.9. The molecule has 138 valence electrons. The number of rotatable bonds is 9. The van der Waals surface area contributed by atoms with Gasteiger partial charge in [0.05, 0.1) is 14.2 Å². The van der Waals surface area contributed by atoms with E-state index in [-0.39, 0.29) is 18.0 Å². The Kier molecular flexibility index (Phi) is 8.25. The van der Waals surface area contributed by atoms with Crippen LogP contribution in [0.3, 0.4) is 0 Å². The lowest BCUT2D eigenvalue weighted by molar-refractivity contribution is -0.153. The Bertz CT molecular complexity index is 595. The lowest BCUT2D eigenvalue weighted by atomic mass is 10.2. The number of hydrogen-bond acceptors (Lipinski definition) is 6. The second-order valence-corrected chi connectivity index (χ2v) is 5.21. The molecule has 0 saturated heterocycles. The minimum absolute atomic E-state index is 0.276. The molecule has 0 radical (unpaired) electrons. The summed E-state index contributed by atoms with van der Waals surface area (Å²) < 4.78 is 15.1. The van der Waals surface area contributed by atoms with Crippen LogP contribution in [0.2, 0.25) is 0 Å². The van der Waals surface area contributed by atoms with Crippen molar-refractivity contribution in [2.75, 3.05) is 27.3 Å². The number of carbonyl (C=O) groups is 3. The van der Waals surface area contributed by atoms with Crippen LogP contribution >= 0.6 is 0 Å². The van der Waals surface area contributed by atoms with Gasteiger partial charge in [-0.2, -0.15) is 0 Å². The van der Waals surface area contributed by atoms with Crippen LogP contribution < -0.4 is 20.1 Å². The predicted molar refractivity (Wildman–Crippen MR) is 90.7 cm³/mol. The van der Waals surface area contributed by atoms with Gasteiger partial charge in [-0.1, -0.05) is 6.92 Å². The second-order valence-electron chi connectivity index (χ2n) is 5.21. The molecule has 0 heterocycles. The zero-order chi connectivity index (χ0) is 18.8. The van der Waals surface area contributed by atoms with Crippen molar-refractivity contribution in [2.45, 2.75) is 26.4 Å². The maximum atomic E-state index is 12.1. The summed E-state index contributed by atoms with van der Waals surface area (Å²) in [5, 5.41) is 5.05. The summed E-state index contributed by atoms with van der Waals surface area (Å²) in [7, 11) is 2.94. The number of ether oxygens (including phenoxy) is 3. The van der Waals surface area contributed by atoms with Gasteiger partial charge >= 0.3 is 5.97 Å². The lowest BCUT2D eigenvalue weighted by Crippen LogP contribution is -2.39. The van der Waals surface area contributed by atoms with Gasteiger partial charge in [0, 0.05) is 18.2 Å². The maximum absolute atomic E-state index is 12.1. The average molecular weight is 352 g/mol. The maximum Gasteiger partial charge on any atom is 0.326 e. The number of nitrogens with one attached hydrogen (secondary N) is 2. The van der Waals surface area contributed by atoms with E-state index in [9.17, 15) is 14.4 Å². The van der Waals surface area contributed by atoms with Gasteiger partial charge in [0.25, 0.3) is 11.8 Å². The molecular weight excluding hydrogens is 328 g/mol. The highest BCUT2D eigenvalue weighted by atomic mass is 16.5. The van der Waals surface area contributed by atoms with E-state index in [0.717, 1.165) is 6.42 Å². The van der Waals surface area contributed by atoms with Crippen LogP contribution in [-0.4, -0.2) is 51.2 Å². The van der Waals surface area contributed by atoms with Crippen molar-refractivity contribution in [3.63, 3.8) is 0 Å². The van der Waals surface area contributed by atoms with Gasteiger partial charge in [0.1, 0.15) is 18.0 Å². The minimum Gasteiger partial charge on any atom is -0.497 e. The average Bonchev–Trinajstić information content (AvgIpc) is 2.63. The molecule has 8 heteroatoms. The summed E-state index contributed by atoms with van der Waals surface area (Å²) in [6.07, 6.45) is -0.139. The zero-order valence-electron chi connectivity index (χ0n) is 14.9. The molecule has 1 rings (SSSR count). The van der Waals surface area contributed by atoms with Gasteiger partial charge in [-0.15, -0.1) is 0 Å². The fourth-order valence-corrected chi connectivity index (χ4v) is 1.88. The molecule has 2 N–H and O–H groups in total. The van der Waals surface area contributed by atoms with Crippen molar-refractivity contribution in [2.24, 2.45) is 0 Å². The summed E-state index contributed by atoms with van der Waals surface area (Å²) in [6, 6.07) is 4.66. The fourth-order valence-electron chi connectivity index (χ4n) is 1.88. The van der Waals surface area contributed by atoms with E-state index in [1.807, 2.05) is 6.92 Å². The van der Waals surface area contributed by atoms with Crippen LogP contribution in [0, 0.1) is 0 Å². The number of esters is 1. The van der Waals surface area contributed by atoms with Crippen LogP contribution in [0.4, 0.5) is 0 Å². The largest absolute Gasteiger partial charge is 0.497 e. The van der Waals surface area contributed by atoms with E-state index < -0.39 is 18.0 Å². The molecule has 0 saturated carbocycles. The quantitative estimate of drug-likeness (QED) is 0.640. The highest BCUT2D eigenvalue weighted by Crippen LogP contribution is 2.22. The molecule has 0 fully saturated rings. The summed E-state index contributed by atoms with van der Waals surface area (Å²) >= 11 is 0. The van der Waals surface area contributed by atoms with Gasteiger partial charge in [-0.05, 0) is 25.5 Å². The Balaban J connectivity index is 2.55. The minimum atomic E-state index is -0.923. The Morgan fingerprint density at radius 3 is 2.16 bits per heavy atom. The second kappa shape index (κ2) is 10.2. The molecule has 0 bridgehead atoms. The van der Waals surface area contributed by atoms with Crippen LogP contribution in [-0.2, 0) is 14.3 Å². The van der Waals surface area contributed by atoms with Crippen molar-refractivity contribution < 1.29 is 28.6 Å². The SMILES string of the molecule is CCCNC(=O)[C@@H](C)OC(=O)CNC(=O)c1cc(OC)cc(OC)c1. The van der Waals surface area contributed by atoms with Crippen molar-refractivity contribution >= 4 is 17.8 Å². The molecule has 1 aromatic carbocycles. The van der Waals surface area contributed by atoms with Crippen LogP contribution in [0.1, 0.15) is 30.6 Å². The molecule has 1 atom stereocenters. The smallest absolute Gasteiger partial charge is 0.326 e.